The molecule has 0 bridgehead atoms. The van der Waals surface area contributed by atoms with Crippen molar-refractivity contribution >= 4 is 5.97 Å². The van der Waals surface area contributed by atoms with Gasteiger partial charge in [-0.3, -0.25) is 0 Å². The predicted octanol–water partition coefficient (Wildman–Crippen LogP) is 7.15. The Kier molecular flexibility index (Phi) is 4.33. The van der Waals surface area contributed by atoms with Crippen molar-refractivity contribution in [3.63, 3.8) is 0 Å². The molecule has 0 aromatic heterocycles. The monoisotopic (exact) mass is 388 g/mol. The molecule has 2 heteroatoms. The molecule has 0 N–H and O–H groups in total. The zero-order chi connectivity index (χ0) is 20.7. The highest BCUT2D eigenvalue weighted by Crippen LogP contribution is 2.50. The first-order valence-electron chi connectivity index (χ1n) is 9.94. The zero-order valence-electron chi connectivity index (χ0n) is 16.7. The lowest BCUT2D eigenvalue weighted by molar-refractivity contribution is -0.130. The van der Waals surface area contributed by atoms with E-state index in [9.17, 15) is 4.79 Å². The Bertz CT molecular complexity index is 1310. The Morgan fingerprint density at radius 1 is 0.600 bits per heavy atom. The van der Waals surface area contributed by atoms with Gasteiger partial charge in [-0.2, -0.15) is 0 Å². The molecule has 0 amide bonds. The Hall–Kier alpha value is -3.91. The number of fused-ring (bicyclic) bond motifs is 8. The van der Waals surface area contributed by atoms with Crippen molar-refractivity contribution < 1.29 is 9.53 Å². The number of benzene rings is 4. The summed E-state index contributed by atoms with van der Waals surface area (Å²) in [5.41, 5.74) is 9.11. The molecule has 5 rings (SSSR count). The minimum atomic E-state index is -0.420. The summed E-state index contributed by atoms with van der Waals surface area (Å²) in [4.78, 5) is 12.4. The van der Waals surface area contributed by atoms with E-state index in [1.165, 1.54) is 5.56 Å². The zero-order valence-corrected chi connectivity index (χ0v) is 16.7. The molecule has 30 heavy (non-hydrogen) atoms. The molecule has 0 unspecified atom stereocenters. The number of carbonyl (C=O) groups excluding carboxylic acids is 1. The van der Waals surface area contributed by atoms with Gasteiger partial charge < -0.3 is 4.74 Å². The molecule has 2 nitrogen and oxygen atoms in total. The largest absolute Gasteiger partial charge is 0.423 e. The molecule has 0 atom stereocenters. The van der Waals surface area contributed by atoms with Crippen LogP contribution < -0.4 is 4.74 Å². The van der Waals surface area contributed by atoms with Gasteiger partial charge in [0.25, 0.3) is 0 Å². The first kappa shape index (κ1) is 18.1. The summed E-state index contributed by atoms with van der Waals surface area (Å²) >= 11 is 0. The van der Waals surface area contributed by atoms with E-state index < -0.39 is 5.97 Å². The maximum atomic E-state index is 12.4. The second-order valence-corrected chi connectivity index (χ2v) is 7.49. The Morgan fingerprint density at radius 3 is 1.50 bits per heavy atom. The van der Waals surface area contributed by atoms with Gasteiger partial charge in [-0.1, -0.05) is 91.5 Å². The quantitative estimate of drug-likeness (QED) is 0.182. The fourth-order valence-corrected chi connectivity index (χ4v) is 4.15. The van der Waals surface area contributed by atoms with Crippen molar-refractivity contribution in [2.75, 3.05) is 0 Å². The third kappa shape index (κ3) is 2.85. The summed E-state index contributed by atoms with van der Waals surface area (Å²) in [6, 6.07) is 31.0. The van der Waals surface area contributed by atoms with E-state index >= 15 is 0 Å². The molecule has 0 radical (unpaired) electrons. The maximum Gasteiger partial charge on any atom is 0.338 e. The third-order valence-electron chi connectivity index (χ3n) is 5.50. The fourth-order valence-electron chi connectivity index (χ4n) is 4.15. The second kappa shape index (κ2) is 7.16. The van der Waals surface area contributed by atoms with Crippen LogP contribution >= 0.6 is 0 Å². The highest BCUT2D eigenvalue weighted by molar-refractivity contribution is 6.05. The van der Waals surface area contributed by atoms with Gasteiger partial charge >= 0.3 is 5.97 Å². The highest BCUT2D eigenvalue weighted by Gasteiger charge is 2.24. The molecule has 0 saturated carbocycles. The molecule has 0 heterocycles. The Balaban J connectivity index is 1.91. The van der Waals surface area contributed by atoms with Crippen LogP contribution in [0, 0.1) is 0 Å². The molecule has 0 aliphatic heterocycles. The topological polar surface area (TPSA) is 26.3 Å². The van der Waals surface area contributed by atoms with Gasteiger partial charge in [-0.15, -0.1) is 0 Å². The fraction of sp³-hybridized carbons (Fsp3) is 0.0357. The summed E-state index contributed by atoms with van der Waals surface area (Å²) in [7, 11) is 0. The minimum Gasteiger partial charge on any atom is -0.423 e. The summed E-state index contributed by atoms with van der Waals surface area (Å²) in [5.74, 6) is 0.124. The lowest BCUT2D eigenvalue weighted by atomic mass is 9.80. The number of rotatable bonds is 2. The van der Waals surface area contributed by atoms with Crippen LogP contribution in [0.3, 0.4) is 0 Å². The smallest absolute Gasteiger partial charge is 0.338 e. The molecule has 4 aromatic carbocycles. The first-order chi connectivity index (χ1) is 14.6. The van der Waals surface area contributed by atoms with Gasteiger partial charge in [-0.25, -0.2) is 4.79 Å². The van der Waals surface area contributed by atoms with Crippen molar-refractivity contribution in [3.8, 4) is 50.3 Å². The number of carbonyl (C=O) groups is 1. The summed E-state index contributed by atoms with van der Waals surface area (Å²) in [6.45, 7) is 5.39. The summed E-state index contributed by atoms with van der Waals surface area (Å²) < 4.78 is 5.79. The number of ether oxygens (including phenoxy) is 1. The van der Waals surface area contributed by atoms with Gasteiger partial charge in [0.15, 0.2) is 0 Å². The Morgan fingerprint density at radius 2 is 1.00 bits per heavy atom. The highest BCUT2D eigenvalue weighted by atomic mass is 16.5. The van der Waals surface area contributed by atoms with E-state index in [2.05, 4.69) is 67.2 Å². The molecule has 0 spiro atoms. The first-order valence-corrected chi connectivity index (χ1v) is 9.94. The van der Waals surface area contributed by atoms with Crippen LogP contribution in [0.2, 0.25) is 0 Å². The third-order valence-corrected chi connectivity index (χ3v) is 5.50. The van der Waals surface area contributed by atoms with Crippen LogP contribution in [0.25, 0.3) is 44.5 Å². The molecule has 1 aliphatic rings. The van der Waals surface area contributed by atoms with Crippen molar-refractivity contribution in [1.82, 2.24) is 0 Å². The van der Waals surface area contributed by atoms with E-state index in [0.29, 0.717) is 11.3 Å². The SMILES string of the molecule is C=C(C)C(=O)Oc1cccc2c1-c1ccccc1-c1ccccc1-c1ccccc1-2. The number of esters is 1. The molecule has 1 aliphatic carbocycles. The van der Waals surface area contributed by atoms with Crippen molar-refractivity contribution in [1.29, 1.82) is 0 Å². The molecule has 0 fully saturated rings. The average molecular weight is 388 g/mol. The van der Waals surface area contributed by atoms with E-state index in [1.54, 1.807) is 6.92 Å². The minimum absolute atomic E-state index is 0.373. The number of hydrogen-bond donors (Lipinski definition) is 0. The molecule has 4 aromatic rings. The normalized spacial score (nSPS) is 11.1. The van der Waals surface area contributed by atoms with E-state index in [0.717, 1.165) is 38.9 Å². The molecule has 0 saturated heterocycles. The summed E-state index contributed by atoms with van der Waals surface area (Å²) in [6.07, 6.45) is 0. The van der Waals surface area contributed by atoms with Crippen molar-refractivity contribution in [3.05, 3.63) is 103 Å². The van der Waals surface area contributed by atoms with Gasteiger partial charge in [0, 0.05) is 11.1 Å². The Labute approximate surface area is 176 Å². The van der Waals surface area contributed by atoms with Crippen LogP contribution in [-0.4, -0.2) is 5.97 Å². The number of hydrogen-bond acceptors (Lipinski definition) is 2. The van der Waals surface area contributed by atoms with Gasteiger partial charge in [0.05, 0.1) is 0 Å². The van der Waals surface area contributed by atoms with Crippen LogP contribution in [0.5, 0.6) is 5.75 Å². The average Bonchev–Trinajstić information content (AvgIpc) is 2.78. The predicted molar refractivity (Wildman–Crippen MR) is 122 cm³/mol. The second-order valence-electron chi connectivity index (χ2n) is 7.49. The van der Waals surface area contributed by atoms with Gasteiger partial charge in [0.2, 0.25) is 0 Å². The standard InChI is InChI=1S/C28H20O2/c1-18(2)28(29)30-26-17-9-16-25-23-13-6-5-12-21(23)19-10-3-4-11-20(19)22-14-7-8-15-24(22)27(25)26/h3-17H,1H2,2H3. The van der Waals surface area contributed by atoms with Crippen molar-refractivity contribution in [2.45, 2.75) is 6.92 Å². The maximum absolute atomic E-state index is 12.4. The van der Waals surface area contributed by atoms with E-state index in [-0.39, 0.29) is 0 Å². The van der Waals surface area contributed by atoms with E-state index in [1.807, 2.05) is 30.3 Å². The van der Waals surface area contributed by atoms with Crippen LogP contribution in [0.1, 0.15) is 6.92 Å². The van der Waals surface area contributed by atoms with Crippen LogP contribution in [0.4, 0.5) is 0 Å². The lowest BCUT2D eigenvalue weighted by Crippen LogP contribution is -2.09. The molecular formula is C28H20O2. The van der Waals surface area contributed by atoms with Gasteiger partial charge in [-0.05, 0) is 51.9 Å². The van der Waals surface area contributed by atoms with E-state index in [4.69, 9.17) is 4.74 Å². The molecule has 144 valence electrons. The summed E-state index contributed by atoms with van der Waals surface area (Å²) in [5, 5.41) is 0. The van der Waals surface area contributed by atoms with Crippen LogP contribution in [0.15, 0.2) is 103 Å². The van der Waals surface area contributed by atoms with Gasteiger partial charge in [0.1, 0.15) is 5.75 Å². The van der Waals surface area contributed by atoms with Crippen molar-refractivity contribution in [2.24, 2.45) is 0 Å². The molecular weight excluding hydrogens is 368 g/mol. The van der Waals surface area contributed by atoms with Crippen LogP contribution in [-0.2, 0) is 4.79 Å². The lowest BCUT2D eigenvalue weighted by Gasteiger charge is -2.24.